The number of aromatic nitrogens is 3. The topological polar surface area (TPSA) is 60.0 Å². The molecule has 0 saturated carbocycles. The molecule has 19 heavy (non-hydrogen) atoms. The van der Waals surface area contributed by atoms with Crippen LogP contribution in [0.15, 0.2) is 6.33 Å². The molecule has 0 aliphatic carbocycles. The summed E-state index contributed by atoms with van der Waals surface area (Å²) in [5.41, 5.74) is 6.59. The molecule has 1 aliphatic heterocycles. The third kappa shape index (κ3) is 2.98. The van der Waals surface area contributed by atoms with Crippen LogP contribution in [-0.4, -0.2) is 44.3 Å². The molecule has 2 unspecified atom stereocenters. The predicted octanol–water partition coefficient (Wildman–Crippen LogP) is 1.34. The Labute approximate surface area is 116 Å². The first-order valence-corrected chi connectivity index (χ1v) is 7.41. The largest absolute Gasteiger partial charge is 0.326 e. The fourth-order valence-corrected chi connectivity index (χ4v) is 3.05. The first kappa shape index (κ1) is 14.5. The van der Waals surface area contributed by atoms with Gasteiger partial charge in [-0.3, -0.25) is 9.58 Å². The van der Waals surface area contributed by atoms with E-state index in [1.165, 1.54) is 32.4 Å². The molecule has 108 valence electrons. The van der Waals surface area contributed by atoms with Crippen molar-refractivity contribution in [3.63, 3.8) is 0 Å². The summed E-state index contributed by atoms with van der Waals surface area (Å²) in [6.07, 6.45) is 7.42. The normalized spacial score (nSPS) is 22.1. The van der Waals surface area contributed by atoms with Crippen LogP contribution in [0.1, 0.15) is 45.4 Å². The van der Waals surface area contributed by atoms with Gasteiger partial charge >= 0.3 is 0 Å². The Morgan fingerprint density at radius 3 is 2.58 bits per heavy atom. The number of hydrogen-bond donors (Lipinski definition) is 1. The summed E-state index contributed by atoms with van der Waals surface area (Å²) in [5.74, 6) is 0.976. The molecule has 1 saturated heterocycles. The molecule has 0 aromatic carbocycles. The van der Waals surface area contributed by atoms with Crippen molar-refractivity contribution in [3.8, 4) is 0 Å². The average Bonchev–Trinajstić information content (AvgIpc) is 2.84. The van der Waals surface area contributed by atoms with Crippen molar-refractivity contribution in [1.82, 2.24) is 19.7 Å². The third-order valence-corrected chi connectivity index (χ3v) is 4.80. The van der Waals surface area contributed by atoms with Crippen molar-refractivity contribution < 1.29 is 0 Å². The molecule has 0 radical (unpaired) electrons. The number of nitrogens with zero attached hydrogens (tertiary/aromatic N) is 4. The summed E-state index contributed by atoms with van der Waals surface area (Å²) >= 11 is 0. The Hall–Kier alpha value is -0.940. The van der Waals surface area contributed by atoms with Gasteiger partial charge in [0.15, 0.2) is 0 Å². The highest BCUT2D eigenvalue weighted by molar-refractivity contribution is 5.01. The highest BCUT2D eigenvalue weighted by Gasteiger charge is 2.37. The van der Waals surface area contributed by atoms with E-state index in [1.54, 1.807) is 6.33 Å². The van der Waals surface area contributed by atoms with Gasteiger partial charge < -0.3 is 5.73 Å². The Balaban J connectivity index is 2.08. The van der Waals surface area contributed by atoms with Crippen molar-refractivity contribution in [2.45, 2.75) is 57.5 Å². The van der Waals surface area contributed by atoms with Gasteiger partial charge in [-0.25, -0.2) is 4.98 Å². The quantitative estimate of drug-likeness (QED) is 0.873. The molecule has 5 heteroatoms. The lowest BCUT2D eigenvalue weighted by atomic mass is 9.84. The molecule has 1 fully saturated rings. The van der Waals surface area contributed by atoms with E-state index < -0.39 is 0 Å². The van der Waals surface area contributed by atoms with Crippen LogP contribution in [0.25, 0.3) is 0 Å². The van der Waals surface area contributed by atoms with Crippen molar-refractivity contribution in [2.24, 2.45) is 12.8 Å². The van der Waals surface area contributed by atoms with E-state index in [0.717, 1.165) is 18.7 Å². The van der Waals surface area contributed by atoms with Crippen LogP contribution in [0.3, 0.4) is 0 Å². The van der Waals surface area contributed by atoms with Crippen LogP contribution in [0.4, 0.5) is 0 Å². The Morgan fingerprint density at radius 1 is 1.37 bits per heavy atom. The molecule has 0 amide bonds. The lowest BCUT2D eigenvalue weighted by molar-refractivity contribution is 0.0538. The molecule has 1 aromatic heterocycles. The molecule has 2 N–H and O–H groups in total. The minimum absolute atomic E-state index is 0.0619. The van der Waals surface area contributed by atoms with Gasteiger partial charge in [-0.1, -0.05) is 13.3 Å². The Bertz CT molecular complexity index is 396. The van der Waals surface area contributed by atoms with Gasteiger partial charge in [-0.15, -0.1) is 0 Å². The zero-order chi connectivity index (χ0) is 13.9. The van der Waals surface area contributed by atoms with E-state index >= 15 is 0 Å². The number of piperidine rings is 1. The predicted molar refractivity (Wildman–Crippen MR) is 76.8 cm³/mol. The molecular formula is C14H27N5. The van der Waals surface area contributed by atoms with E-state index in [9.17, 15) is 0 Å². The molecule has 1 aromatic rings. The lowest BCUT2D eigenvalue weighted by Gasteiger charge is -2.46. The first-order chi connectivity index (χ1) is 9.08. The Kier molecular flexibility index (Phi) is 4.58. The van der Waals surface area contributed by atoms with E-state index in [4.69, 9.17) is 5.73 Å². The number of hydrogen-bond acceptors (Lipinski definition) is 4. The maximum atomic E-state index is 6.53. The summed E-state index contributed by atoms with van der Waals surface area (Å²) in [4.78, 5) is 6.88. The molecule has 2 rings (SSSR count). The smallest absolute Gasteiger partial charge is 0.138 e. The van der Waals surface area contributed by atoms with Gasteiger partial charge in [0.1, 0.15) is 12.2 Å². The number of aryl methyl sites for hydroxylation is 1. The molecule has 2 atom stereocenters. The van der Waals surface area contributed by atoms with Crippen LogP contribution >= 0.6 is 0 Å². The fraction of sp³-hybridized carbons (Fsp3) is 0.857. The highest BCUT2D eigenvalue weighted by atomic mass is 15.3. The van der Waals surface area contributed by atoms with Gasteiger partial charge in [0, 0.05) is 25.0 Å². The van der Waals surface area contributed by atoms with Crippen molar-refractivity contribution >= 4 is 0 Å². The molecular weight excluding hydrogens is 238 g/mol. The van der Waals surface area contributed by atoms with Crippen LogP contribution in [0.5, 0.6) is 0 Å². The second-order valence-corrected chi connectivity index (χ2v) is 5.87. The zero-order valence-corrected chi connectivity index (χ0v) is 12.5. The van der Waals surface area contributed by atoms with Gasteiger partial charge in [0.05, 0.1) is 0 Å². The van der Waals surface area contributed by atoms with E-state index in [2.05, 4.69) is 28.8 Å². The summed E-state index contributed by atoms with van der Waals surface area (Å²) in [6.45, 7) is 6.90. The molecule has 2 heterocycles. The molecule has 0 spiro atoms. The monoisotopic (exact) mass is 265 g/mol. The number of rotatable bonds is 5. The second kappa shape index (κ2) is 6.01. The summed E-state index contributed by atoms with van der Waals surface area (Å²) in [6, 6.07) is 0.0958. The summed E-state index contributed by atoms with van der Waals surface area (Å²) in [7, 11) is 1.93. The number of nitrogens with two attached hydrogens (primary N) is 1. The standard InChI is InChI=1S/C14H27N5/c1-4-14(2,19-8-6-5-7-9-19)12(15)10-13-16-11-17-18(13)3/h11-12H,4-10,15H2,1-3H3. The van der Waals surface area contributed by atoms with Gasteiger partial charge in [-0.05, 0) is 39.3 Å². The number of likely N-dealkylation sites (tertiary alicyclic amines) is 1. The maximum Gasteiger partial charge on any atom is 0.138 e. The molecule has 1 aliphatic rings. The van der Waals surface area contributed by atoms with Gasteiger partial charge in [0.25, 0.3) is 0 Å². The van der Waals surface area contributed by atoms with Crippen LogP contribution in [0.2, 0.25) is 0 Å². The van der Waals surface area contributed by atoms with E-state index in [1.807, 2.05) is 11.7 Å². The SMILES string of the molecule is CCC(C)(C(N)Cc1ncnn1C)N1CCCCC1. The maximum absolute atomic E-state index is 6.53. The minimum atomic E-state index is 0.0619. The second-order valence-electron chi connectivity index (χ2n) is 5.87. The molecule has 5 nitrogen and oxygen atoms in total. The first-order valence-electron chi connectivity index (χ1n) is 7.41. The summed E-state index contributed by atoms with van der Waals surface area (Å²) in [5, 5.41) is 4.13. The van der Waals surface area contributed by atoms with Crippen LogP contribution in [0, 0.1) is 0 Å². The average molecular weight is 265 g/mol. The zero-order valence-electron chi connectivity index (χ0n) is 12.5. The van der Waals surface area contributed by atoms with Gasteiger partial charge in [0.2, 0.25) is 0 Å². The van der Waals surface area contributed by atoms with E-state index in [-0.39, 0.29) is 11.6 Å². The lowest BCUT2D eigenvalue weighted by Crippen LogP contribution is -2.60. The van der Waals surface area contributed by atoms with Crippen molar-refractivity contribution in [2.75, 3.05) is 13.1 Å². The summed E-state index contributed by atoms with van der Waals surface area (Å²) < 4.78 is 1.83. The van der Waals surface area contributed by atoms with Crippen LogP contribution < -0.4 is 5.73 Å². The fourth-order valence-electron chi connectivity index (χ4n) is 3.05. The molecule has 0 bridgehead atoms. The Morgan fingerprint density at radius 2 is 2.05 bits per heavy atom. The van der Waals surface area contributed by atoms with E-state index in [0.29, 0.717) is 0 Å². The van der Waals surface area contributed by atoms with Gasteiger partial charge in [-0.2, -0.15) is 5.10 Å². The van der Waals surface area contributed by atoms with Crippen molar-refractivity contribution in [3.05, 3.63) is 12.2 Å². The third-order valence-electron chi connectivity index (χ3n) is 4.80. The highest BCUT2D eigenvalue weighted by Crippen LogP contribution is 2.27. The minimum Gasteiger partial charge on any atom is -0.326 e. The van der Waals surface area contributed by atoms with Crippen LogP contribution in [-0.2, 0) is 13.5 Å². The van der Waals surface area contributed by atoms with Crippen molar-refractivity contribution in [1.29, 1.82) is 0 Å².